The number of para-hydroxylation sites is 1. The van der Waals surface area contributed by atoms with Gasteiger partial charge in [-0.25, -0.2) is 0 Å². The summed E-state index contributed by atoms with van der Waals surface area (Å²) >= 11 is 0. The van der Waals surface area contributed by atoms with E-state index in [1.807, 2.05) is 18.2 Å². The van der Waals surface area contributed by atoms with E-state index in [0.717, 1.165) is 5.69 Å². The van der Waals surface area contributed by atoms with Gasteiger partial charge in [-0.15, -0.1) is 0 Å². The number of nitrogens with one attached hydrogen (secondary N) is 1. The van der Waals surface area contributed by atoms with Crippen molar-refractivity contribution < 1.29 is 19.0 Å². The van der Waals surface area contributed by atoms with Gasteiger partial charge in [-0.05, 0) is 24.3 Å². The van der Waals surface area contributed by atoms with E-state index in [2.05, 4.69) is 10.3 Å². The van der Waals surface area contributed by atoms with Crippen LogP contribution in [0.1, 0.15) is 22.1 Å². The molecule has 6 heteroatoms. The molecule has 0 aliphatic carbocycles. The second-order valence-electron chi connectivity index (χ2n) is 5.07. The van der Waals surface area contributed by atoms with Gasteiger partial charge in [0.1, 0.15) is 13.2 Å². The van der Waals surface area contributed by atoms with Crippen LogP contribution in [0.5, 0.6) is 11.5 Å². The molecule has 0 saturated carbocycles. The van der Waals surface area contributed by atoms with Gasteiger partial charge >= 0.3 is 0 Å². The Hall–Kier alpha value is -2.60. The molecule has 2 aromatic rings. The lowest BCUT2D eigenvalue weighted by Gasteiger charge is -2.22. The van der Waals surface area contributed by atoms with Gasteiger partial charge in [0.15, 0.2) is 11.5 Å². The zero-order valence-corrected chi connectivity index (χ0v) is 12.8. The average Bonchev–Trinajstić information content (AvgIpc) is 2.61. The first-order chi connectivity index (χ1) is 11.3. The molecule has 0 spiro atoms. The summed E-state index contributed by atoms with van der Waals surface area (Å²) in [6.07, 6.45) is 1.69. The Labute approximate surface area is 134 Å². The van der Waals surface area contributed by atoms with Crippen LogP contribution in [0.15, 0.2) is 42.6 Å². The highest BCUT2D eigenvalue weighted by molar-refractivity contribution is 5.98. The number of carbonyl (C=O) groups is 1. The van der Waals surface area contributed by atoms with E-state index in [4.69, 9.17) is 14.2 Å². The highest BCUT2D eigenvalue weighted by Crippen LogP contribution is 2.33. The van der Waals surface area contributed by atoms with Crippen LogP contribution in [0.2, 0.25) is 0 Å². The Kier molecular flexibility index (Phi) is 4.73. The Bertz CT molecular complexity index is 676. The van der Waals surface area contributed by atoms with Gasteiger partial charge < -0.3 is 19.5 Å². The van der Waals surface area contributed by atoms with Crippen LogP contribution >= 0.6 is 0 Å². The lowest BCUT2D eigenvalue weighted by molar-refractivity contribution is 0.0884. The Morgan fingerprint density at radius 3 is 2.91 bits per heavy atom. The number of hydrogen-bond acceptors (Lipinski definition) is 5. The summed E-state index contributed by atoms with van der Waals surface area (Å²) in [6, 6.07) is 10.5. The second-order valence-corrected chi connectivity index (χ2v) is 5.07. The summed E-state index contributed by atoms with van der Waals surface area (Å²) in [7, 11) is 1.59. The van der Waals surface area contributed by atoms with Crippen molar-refractivity contribution in [2.45, 2.75) is 6.04 Å². The molecular weight excluding hydrogens is 296 g/mol. The predicted molar refractivity (Wildman–Crippen MR) is 83.8 cm³/mol. The maximum atomic E-state index is 12.6. The molecular formula is C17H18N2O4. The summed E-state index contributed by atoms with van der Waals surface area (Å²) < 4.78 is 16.3. The summed E-state index contributed by atoms with van der Waals surface area (Å²) in [5, 5.41) is 2.94. The first-order valence-electron chi connectivity index (χ1n) is 7.39. The molecule has 6 nitrogen and oxygen atoms in total. The fourth-order valence-electron chi connectivity index (χ4n) is 2.44. The summed E-state index contributed by atoms with van der Waals surface area (Å²) in [5.74, 6) is 0.818. The Morgan fingerprint density at radius 1 is 1.26 bits per heavy atom. The van der Waals surface area contributed by atoms with Crippen molar-refractivity contribution in [3.63, 3.8) is 0 Å². The molecule has 1 atom stereocenters. The smallest absolute Gasteiger partial charge is 0.255 e. The number of fused-ring (bicyclic) bond motifs is 1. The lowest BCUT2D eigenvalue weighted by atomic mass is 10.1. The number of benzene rings is 1. The number of carbonyl (C=O) groups excluding carboxylic acids is 1. The average molecular weight is 314 g/mol. The monoisotopic (exact) mass is 314 g/mol. The van der Waals surface area contributed by atoms with Crippen molar-refractivity contribution in [1.82, 2.24) is 10.3 Å². The van der Waals surface area contributed by atoms with E-state index in [-0.39, 0.29) is 11.9 Å². The number of hydrogen-bond donors (Lipinski definition) is 1. The number of ether oxygens (including phenoxy) is 3. The third-order valence-electron chi connectivity index (χ3n) is 3.49. The molecule has 0 bridgehead atoms. The number of aromatic nitrogens is 1. The molecule has 1 aromatic heterocycles. The molecule has 3 rings (SSSR count). The second kappa shape index (κ2) is 7.11. The Balaban J connectivity index is 1.82. The fourth-order valence-corrected chi connectivity index (χ4v) is 2.44. The largest absolute Gasteiger partial charge is 0.486 e. The van der Waals surface area contributed by atoms with Gasteiger partial charge in [-0.2, -0.15) is 0 Å². The topological polar surface area (TPSA) is 69.7 Å². The normalized spacial score (nSPS) is 14.1. The first kappa shape index (κ1) is 15.3. The third-order valence-corrected chi connectivity index (χ3v) is 3.49. The standard InChI is InChI=1S/C17H18N2O4/c1-21-11-14(13-6-2-3-8-18-13)19-17(20)12-5-4-7-15-16(12)23-10-9-22-15/h2-8,14H,9-11H2,1H3,(H,19,20)/t14-/m1/s1. The fraction of sp³-hybridized carbons (Fsp3) is 0.294. The molecule has 1 aromatic carbocycles. The van der Waals surface area contributed by atoms with Crippen LogP contribution < -0.4 is 14.8 Å². The lowest BCUT2D eigenvalue weighted by Crippen LogP contribution is -2.32. The van der Waals surface area contributed by atoms with Crippen LogP contribution in [0, 0.1) is 0 Å². The predicted octanol–water partition coefficient (Wildman–Crippen LogP) is 1.97. The molecule has 1 aliphatic rings. The minimum atomic E-state index is -0.339. The number of rotatable bonds is 5. The highest BCUT2D eigenvalue weighted by atomic mass is 16.6. The first-order valence-corrected chi connectivity index (χ1v) is 7.39. The molecule has 1 aliphatic heterocycles. The van der Waals surface area contributed by atoms with E-state index >= 15 is 0 Å². The van der Waals surface area contributed by atoms with Crippen molar-refractivity contribution in [3.8, 4) is 11.5 Å². The van der Waals surface area contributed by atoms with Gasteiger partial charge in [0.05, 0.1) is 23.9 Å². The van der Waals surface area contributed by atoms with Crippen molar-refractivity contribution in [3.05, 3.63) is 53.9 Å². The SMILES string of the molecule is COC[C@@H](NC(=O)c1cccc2c1OCCO2)c1ccccn1. The quantitative estimate of drug-likeness (QED) is 0.914. The van der Waals surface area contributed by atoms with Gasteiger partial charge in [0.25, 0.3) is 5.91 Å². The molecule has 1 N–H and O–H groups in total. The van der Waals surface area contributed by atoms with Crippen LogP contribution in [0.3, 0.4) is 0 Å². The molecule has 23 heavy (non-hydrogen) atoms. The van der Waals surface area contributed by atoms with Crippen LogP contribution in [-0.4, -0.2) is 37.8 Å². The van der Waals surface area contributed by atoms with E-state index < -0.39 is 0 Å². The molecule has 0 unspecified atom stereocenters. The van der Waals surface area contributed by atoms with Crippen LogP contribution in [-0.2, 0) is 4.74 Å². The van der Waals surface area contributed by atoms with Crippen LogP contribution in [0.4, 0.5) is 0 Å². The minimum Gasteiger partial charge on any atom is -0.486 e. The van der Waals surface area contributed by atoms with E-state index in [1.165, 1.54) is 0 Å². The zero-order chi connectivity index (χ0) is 16.1. The van der Waals surface area contributed by atoms with Crippen LogP contribution in [0.25, 0.3) is 0 Å². The summed E-state index contributed by atoms with van der Waals surface area (Å²) in [5.41, 5.74) is 1.18. The molecule has 0 fully saturated rings. The molecule has 0 radical (unpaired) electrons. The van der Waals surface area contributed by atoms with Crippen molar-refractivity contribution in [2.24, 2.45) is 0 Å². The van der Waals surface area contributed by atoms with Crippen molar-refractivity contribution >= 4 is 5.91 Å². The third kappa shape index (κ3) is 3.43. The minimum absolute atomic E-state index is 0.250. The van der Waals surface area contributed by atoms with Gasteiger partial charge in [-0.1, -0.05) is 12.1 Å². The maximum Gasteiger partial charge on any atom is 0.255 e. The van der Waals surface area contributed by atoms with Crippen molar-refractivity contribution in [1.29, 1.82) is 0 Å². The van der Waals surface area contributed by atoms with Gasteiger partial charge in [-0.3, -0.25) is 9.78 Å². The Morgan fingerprint density at radius 2 is 2.13 bits per heavy atom. The van der Waals surface area contributed by atoms with Gasteiger partial charge in [0, 0.05) is 13.3 Å². The number of methoxy groups -OCH3 is 1. The molecule has 1 amide bonds. The van der Waals surface area contributed by atoms with E-state index in [1.54, 1.807) is 31.5 Å². The molecule has 0 saturated heterocycles. The maximum absolute atomic E-state index is 12.6. The number of amides is 1. The molecule has 2 heterocycles. The van der Waals surface area contributed by atoms with Gasteiger partial charge in [0.2, 0.25) is 0 Å². The van der Waals surface area contributed by atoms with Crippen molar-refractivity contribution in [2.75, 3.05) is 26.9 Å². The zero-order valence-electron chi connectivity index (χ0n) is 12.8. The number of pyridine rings is 1. The van der Waals surface area contributed by atoms with E-state index in [0.29, 0.717) is 36.9 Å². The highest BCUT2D eigenvalue weighted by Gasteiger charge is 2.23. The molecule has 120 valence electrons. The van der Waals surface area contributed by atoms with E-state index in [9.17, 15) is 4.79 Å². The number of nitrogens with zero attached hydrogens (tertiary/aromatic N) is 1. The summed E-state index contributed by atoms with van der Waals surface area (Å²) in [4.78, 5) is 16.9. The summed E-state index contributed by atoms with van der Waals surface area (Å²) in [6.45, 7) is 1.24.